The van der Waals surface area contributed by atoms with E-state index < -0.39 is 21.9 Å². The van der Waals surface area contributed by atoms with E-state index >= 15 is 0 Å². The lowest BCUT2D eigenvalue weighted by Crippen LogP contribution is -2.28. The number of sulfonamides is 1. The number of amides is 1. The van der Waals surface area contributed by atoms with Gasteiger partial charge in [-0.05, 0) is 62.2 Å². The highest BCUT2D eigenvalue weighted by Crippen LogP contribution is 2.30. The van der Waals surface area contributed by atoms with E-state index in [1.54, 1.807) is 43.8 Å². The maximum absolute atomic E-state index is 12.9. The average Bonchev–Trinajstić information content (AvgIpc) is 3.62. The van der Waals surface area contributed by atoms with Crippen LogP contribution in [0.15, 0.2) is 52.4 Å². The zero-order valence-corrected chi connectivity index (χ0v) is 20.7. The Kier molecular flexibility index (Phi) is 6.87. The molecule has 3 aromatic rings. The first kappa shape index (κ1) is 24.1. The molecule has 1 amide bonds. The number of carbonyl (C=O) groups excluding carboxylic acids is 2. The second-order valence-corrected chi connectivity index (χ2v) is 10.8. The molecule has 1 heterocycles. The summed E-state index contributed by atoms with van der Waals surface area (Å²) in [4.78, 5) is 29.8. The quantitative estimate of drug-likeness (QED) is 0.438. The Bertz CT molecular complexity index is 1400. The average molecular weight is 504 g/mol. The summed E-state index contributed by atoms with van der Waals surface area (Å²) in [6.45, 7) is 1.86. The van der Waals surface area contributed by atoms with E-state index in [0.29, 0.717) is 10.6 Å². The van der Waals surface area contributed by atoms with Gasteiger partial charge >= 0.3 is 5.97 Å². The zero-order valence-electron chi connectivity index (χ0n) is 19.1. The molecule has 9 nitrogen and oxygen atoms in total. The molecule has 34 heavy (non-hydrogen) atoms. The number of fused-ring (bicyclic) bond motifs is 1. The lowest BCUT2D eigenvalue weighted by molar-refractivity contribution is -0.143. The summed E-state index contributed by atoms with van der Waals surface area (Å²) < 4.78 is 39.5. The number of esters is 1. The Morgan fingerprint density at radius 1 is 1.18 bits per heavy atom. The minimum Gasteiger partial charge on any atom is -0.497 e. The van der Waals surface area contributed by atoms with Gasteiger partial charge in [-0.15, -0.1) is 0 Å². The smallest absolute Gasteiger partial charge is 0.326 e. The van der Waals surface area contributed by atoms with Crippen LogP contribution in [-0.4, -0.2) is 56.0 Å². The van der Waals surface area contributed by atoms with Gasteiger partial charge in [0.25, 0.3) is 5.91 Å². The molecule has 11 heteroatoms. The largest absolute Gasteiger partial charge is 0.497 e. The van der Waals surface area contributed by atoms with Crippen molar-refractivity contribution in [1.82, 2.24) is 8.87 Å². The molecule has 1 aromatic heterocycles. The van der Waals surface area contributed by atoms with Crippen LogP contribution in [0, 0.1) is 0 Å². The van der Waals surface area contributed by atoms with Crippen LogP contribution in [0.1, 0.15) is 30.1 Å². The van der Waals surface area contributed by atoms with Crippen molar-refractivity contribution in [2.75, 3.05) is 20.8 Å². The Balaban J connectivity index is 1.68. The lowest BCUT2D eigenvalue weighted by Gasteiger charge is -2.16. The van der Waals surface area contributed by atoms with Gasteiger partial charge in [-0.25, -0.2) is 8.42 Å². The van der Waals surface area contributed by atoms with Gasteiger partial charge in [-0.3, -0.25) is 9.59 Å². The Morgan fingerprint density at radius 3 is 2.50 bits per heavy atom. The monoisotopic (exact) mass is 503 g/mol. The normalized spacial score (nSPS) is 14.5. The third kappa shape index (κ3) is 4.91. The van der Waals surface area contributed by atoms with Crippen LogP contribution in [0.5, 0.6) is 5.75 Å². The molecule has 0 radical (unpaired) electrons. The first-order valence-corrected chi connectivity index (χ1v) is 13.0. The maximum Gasteiger partial charge on any atom is 0.326 e. The fraction of sp³-hybridized carbons (Fsp3) is 0.348. The Morgan fingerprint density at radius 2 is 1.88 bits per heavy atom. The molecule has 0 aliphatic heterocycles. The molecule has 1 fully saturated rings. The highest BCUT2D eigenvalue weighted by molar-refractivity contribution is 7.89. The molecule has 2 aromatic carbocycles. The minimum atomic E-state index is -3.60. The summed E-state index contributed by atoms with van der Waals surface area (Å²) in [7, 11) is -0.473. The SMILES string of the molecule is CCOC(=O)Cn1c(=NC(=O)c2ccc(S(=O)(=O)N(C)C3CC3)cc2)sc2cc(OC)ccc21. The summed E-state index contributed by atoms with van der Waals surface area (Å²) in [5, 5.41) is 0. The number of ether oxygens (including phenoxy) is 2. The van der Waals surface area contributed by atoms with Gasteiger partial charge in [0.1, 0.15) is 12.3 Å². The predicted molar refractivity (Wildman–Crippen MR) is 127 cm³/mol. The second kappa shape index (κ2) is 9.69. The van der Waals surface area contributed by atoms with E-state index in [0.717, 1.165) is 23.1 Å². The standard InChI is InChI=1S/C23H25N3O6S2/c1-4-32-21(27)14-26-19-12-9-17(31-3)13-20(19)33-23(26)24-22(28)15-5-10-18(11-6-15)34(29,30)25(2)16-7-8-16/h5-6,9-13,16H,4,7-8,14H2,1-3H3. The molecule has 180 valence electrons. The van der Waals surface area contributed by atoms with Gasteiger partial charge in [-0.2, -0.15) is 9.30 Å². The number of hydrogen-bond acceptors (Lipinski definition) is 7. The summed E-state index contributed by atoms with van der Waals surface area (Å²) in [5.41, 5.74) is 0.959. The Labute approximate surface area is 201 Å². The van der Waals surface area contributed by atoms with Crippen molar-refractivity contribution >= 4 is 43.5 Å². The van der Waals surface area contributed by atoms with Gasteiger partial charge in [0, 0.05) is 18.7 Å². The van der Waals surface area contributed by atoms with Crippen LogP contribution in [-0.2, 0) is 26.1 Å². The summed E-state index contributed by atoms with van der Waals surface area (Å²) in [6, 6.07) is 11.1. The number of benzene rings is 2. The molecule has 1 aliphatic rings. The molecule has 0 unspecified atom stereocenters. The van der Waals surface area contributed by atoms with Gasteiger partial charge in [0.15, 0.2) is 4.80 Å². The highest BCUT2D eigenvalue weighted by atomic mass is 32.2. The molecule has 0 saturated heterocycles. The minimum absolute atomic E-state index is 0.0442. The third-order valence-corrected chi connectivity index (χ3v) is 8.48. The molecule has 0 spiro atoms. The summed E-state index contributed by atoms with van der Waals surface area (Å²) in [6.07, 6.45) is 1.72. The van der Waals surface area contributed by atoms with E-state index in [1.807, 2.05) is 0 Å². The van der Waals surface area contributed by atoms with Gasteiger partial charge in [-0.1, -0.05) is 11.3 Å². The van der Waals surface area contributed by atoms with Gasteiger partial charge in [0.2, 0.25) is 10.0 Å². The number of nitrogens with zero attached hydrogens (tertiary/aromatic N) is 3. The van der Waals surface area contributed by atoms with E-state index in [1.165, 1.54) is 39.9 Å². The molecule has 0 N–H and O–H groups in total. The molecular formula is C23H25N3O6S2. The first-order valence-electron chi connectivity index (χ1n) is 10.7. The summed E-state index contributed by atoms with van der Waals surface area (Å²) >= 11 is 1.24. The van der Waals surface area contributed by atoms with Crippen molar-refractivity contribution in [2.24, 2.45) is 4.99 Å². The second-order valence-electron chi connectivity index (χ2n) is 7.80. The van der Waals surface area contributed by atoms with Crippen LogP contribution in [0.3, 0.4) is 0 Å². The highest BCUT2D eigenvalue weighted by Gasteiger charge is 2.35. The molecule has 4 rings (SSSR count). The predicted octanol–water partition coefficient (Wildman–Crippen LogP) is 2.80. The number of methoxy groups -OCH3 is 1. The van der Waals surface area contributed by atoms with E-state index in [9.17, 15) is 18.0 Å². The van der Waals surface area contributed by atoms with Crippen molar-refractivity contribution in [3.05, 3.63) is 52.8 Å². The van der Waals surface area contributed by atoms with Crippen molar-refractivity contribution in [2.45, 2.75) is 37.2 Å². The van der Waals surface area contributed by atoms with Crippen LogP contribution >= 0.6 is 11.3 Å². The van der Waals surface area contributed by atoms with E-state index in [-0.39, 0.29) is 29.7 Å². The number of thiazole rings is 1. The van der Waals surface area contributed by atoms with Gasteiger partial charge < -0.3 is 14.0 Å². The third-order valence-electron chi connectivity index (χ3n) is 5.52. The van der Waals surface area contributed by atoms with Crippen molar-refractivity contribution in [3.63, 3.8) is 0 Å². The van der Waals surface area contributed by atoms with Crippen LogP contribution in [0.4, 0.5) is 0 Å². The van der Waals surface area contributed by atoms with Crippen LogP contribution in [0.2, 0.25) is 0 Å². The number of hydrogen-bond donors (Lipinski definition) is 0. The molecule has 0 atom stereocenters. The van der Waals surface area contributed by atoms with Crippen LogP contribution in [0.25, 0.3) is 10.2 Å². The van der Waals surface area contributed by atoms with E-state index in [4.69, 9.17) is 9.47 Å². The molecule has 0 bridgehead atoms. The topological polar surface area (TPSA) is 107 Å². The molecular weight excluding hydrogens is 478 g/mol. The number of rotatable bonds is 8. The van der Waals surface area contributed by atoms with Crippen molar-refractivity contribution < 1.29 is 27.5 Å². The van der Waals surface area contributed by atoms with Crippen molar-refractivity contribution in [1.29, 1.82) is 0 Å². The fourth-order valence-electron chi connectivity index (χ4n) is 3.48. The first-order chi connectivity index (χ1) is 16.2. The number of aromatic nitrogens is 1. The molecule has 1 aliphatic carbocycles. The maximum atomic E-state index is 12.9. The fourth-order valence-corrected chi connectivity index (χ4v) is 5.95. The lowest BCUT2D eigenvalue weighted by atomic mass is 10.2. The van der Waals surface area contributed by atoms with Crippen LogP contribution < -0.4 is 9.54 Å². The van der Waals surface area contributed by atoms with Gasteiger partial charge in [0.05, 0.1) is 28.8 Å². The van der Waals surface area contributed by atoms with E-state index in [2.05, 4.69) is 4.99 Å². The summed E-state index contributed by atoms with van der Waals surface area (Å²) in [5.74, 6) is -0.347. The molecule has 1 saturated carbocycles. The zero-order chi connectivity index (χ0) is 24.5. The number of carbonyl (C=O) groups is 2. The van der Waals surface area contributed by atoms with Crippen molar-refractivity contribution in [3.8, 4) is 5.75 Å². The Hall–Kier alpha value is -3.02.